The number of aliphatic hydroxyl groups excluding tert-OH is 1. The van der Waals surface area contributed by atoms with E-state index in [1.54, 1.807) is 6.92 Å². The smallest absolute Gasteiger partial charge is 0.252 e. The molecule has 0 unspecified atom stereocenters. The van der Waals surface area contributed by atoms with Gasteiger partial charge in [-0.25, -0.2) is 13.1 Å². The second kappa shape index (κ2) is 8.43. The van der Waals surface area contributed by atoms with Crippen molar-refractivity contribution >= 4 is 27.3 Å². The molecule has 0 radical (unpaired) electrons. The van der Waals surface area contributed by atoms with Crippen LogP contribution in [0.2, 0.25) is 0 Å². The van der Waals surface area contributed by atoms with E-state index in [-0.39, 0.29) is 28.2 Å². The Morgan fingerprint density at radius 3 is 2.55 bits per heavy atom. The molecule has 1 fully saturated rings. The van der Waals surface area contributed by atoms with Gasteiger partial charge in [0.2, 0.25) is 10.0 Å². The van der Waals surface area contributed by atoms with Gasteiger partial charge >= 0.3 is 0 Å². The Hall–Kier alpha value is -1.94. The van der Waals surface area contributed by atoms with Crippen molar-refractivity contribution in [2.45, 2.75) is 49.0 Å². The lowest BCUT2D eigenvalue weighted by molar-refractivity contribution is 0.0997. The van der Waals surface area contributed by atoms with Crippen molar-refractivity contribution in [3.05, 3.63) is 45.6 Å². The van der Waals surface area contributed by atoms with Crippen molar-refractivity contribution in [2.75, 3.05) is 13.7 Å². The molecule has 1 amide bonds. The number of aliphatic hydroxyl groups is 1. The highest BCUT2D eigenvalue weighted by atomic mass is 32.2. The van der Waals surface area contributed by atoms with E-state index in [0.717, 1.165) is 35.4 Å². The fourth-order valence-electron chi connectivity index (χ4n) is 3.79. The Balaban J connectivity index is 1.86. The molecule has 7 nitrogen and oxygen atoms in total. The molecule has 1 saturated carbocycles. The van der Waals surface area contributed by atoms with Gasteiger partial charge in [-0.3, -0.25) is 4.79 Å². The maximum atomic E-state index is 12.9. The van der Waals surface area contributed by atoms with Gasteiger partial charge in [0.1, 0.15) is 5.75 Å². The first-order valence-corrected chi connectivity index (χ1v) is 11.7. The van der Waals surface area contributed by atoms with Crippen molar-refractivity contribution < 1.29 is 23.1 Å². The van der Waals surface area contributed by atoms with Gasteiger partial charge < -0.3 is 15.6 Å². The summed E-state index contributed by atoms with van der Waals surface area (Å²) < 4.78 is 33.6. The topological polar surface area (TPSA) is 119 Å². The highest BCUT2D eigenvalue weighted by molar-refractivity contribution is 7.89. The van der Waals surface area contributed by atoms with Gasteiger partial charge in [-0.1, -0.05) is 12.8 Å². The molecule has 3 rings (SSSR count). The van der Waals surface area contributed by atoms with Gasteiger partial charge in [0.25, 0.3) is 5.91 Å². The first-order chi connectivity index (χ1) is 13.7. The molecule has 158 valence electrons. The van der Waals surface area contributed by atoms with Crippen LogP contribution in [0.25, 0.3) is 0 Å². The highest BCUT2D eigenvalue weighted by Crippen LogP contribution is 2.44. The van der Waals surface area contributed by atoms with Crippen molar-refractivity contribution in [3.63, 3.8) is 0 Å². The number of methoxy groups -OCH3 is 1. The van der Waals surface area contributed by atoms with Crippen LogP contribution in [0.4, 0.5) is 0 Å². The third kappa shape index (κ3) is 4.48. The van der Waals surface area contributed by atoms with E-state index in [9.17, 15) is 18.3 Å². The van der Waals surface area contributed by atoms with Crippen LogP contribution in [-0.2, 0) is 15.4 Å². The zero-order valence-corrected chi connectivity index (χ0v) is 18.1. The lowest BCUT2D eigenvalue weighted by Gasteiger charge is -2.28. The average molecular weight is 439 g/mol. The Bertz CT molecular complexity index is 992. The number of thiophene rings is 1. The zero-order chi connectivity index (χ0) is 21.2. The highest BCUT2D eigenvalue weighted by Gasteiger charge is 2.38. The summed E-state index contributed by atoms with van der Waals surface area (Å²) in [5.41, 5.74) is 5.08. The van der Waals surface area contributed by atoms with Crippen molar-refractivity contribution in [2.24, 2.45) is 5.73 Å². The number of ether oxygens (including phenoxy) is 1. The van der Waals surface area contributed by atoms with E-state index < -0.39 is 22.0 Å². The molecule has 0 spiro atoms. The van der Waals surface area contributed by atoms with Crippen LogP contribution in [-0.4, -0.2) is 33.1 Å². The molecule has 1 aromatic carbocycles. The van der Waals surface area contributed by atoms with Crippen LogP contribution < -0.4 is 15.2 Å². The van der Waals surface area contributed by atoms with Crippen LogP contribution in [0.15, 0.2) is 35.2 Å². The molecule has 0 bridgehead atoms. The molecule has 0 saturated heterocycles. The van der Waals surface area contributed by atoms with E-state index in [0.29, 0.717) is 0 Å². The fourth-order valence-corrected chi connectivity index (χ4v) is 6.13. The predicted molar refractivity (Wildman–Crippen MR) is 112 cm³/mol. The number of primary amides is 1. The van der Waals surface area contributed by atoms with Crippen LogP contribution >= 0.6 is 11.3 Å². The lowest BCUT2D eigenvalue weighted by atomic mass is 9.85. The SMILES string of the molecule is COc1ccc(S(=O)(=O)NCC2(c3ccc([C@H](C)O)s3)CCCC2)cc1C(N)=O. The predicted octanol–water partition coefficient (Wildman–Crippen LogP) is 2.70. The first kappa shape index (κ1) is 21.8. The van der Waals surface area contributed by atoms with Gasteiger partial charge in [0.15, 0.2) is 0 Å². The molecule has 1 heterocycles. The van der Waals surface area contributed by atoms with Gasteiger partial charge in [0.05, 0.1) is 23.7 Å². The van der Waals surface area contributed by atoms with E-state index in [1.807, 2.05) is 12.1 Å². The Morgan fingerprint density at radius 2 is 2.00 bits per heavy atom. The number of carbonyl (C=O) groups is 1. The summed E-state index contributed by atoms with van der Waals surface area (Å²) in [4.78, 5) is 13.6. The summed E-state index contributed by atoms with van der Waals surface area (Å²) >= 11 is 1.53. The number of nitrogens with one attached hydrogen (secondary N) is 1. The van der Waals surface area contributed by atoms with Crippen molar-refractivity contribution in [1.29, 1.82) is 0 Å². The van der Waals surface area contributed by atoms with Gasteiger partial charge in [-0.15, -0.1) is 11.3 Å². The standard InChI is InChI=1S/C20H26N2O5S2/c1-13(23)17-7-8-18(28-17)20(9-3-4-10-20)12-22-29(25,26)14-5-6-16(27-2)15(11-14)19(21)24/h5-8,11,13,22-23H,3-4,9-10,12H2,1-2H3,(H2,21,24)/t13-/m0/s1. The number of sulfonamides is 1. The molecule has 29 heavy (non-hydrogen) atoms. The normalized spacial score (nSPS) is 17.2. The molecule has 0 aliphatic heterocycles. The summed E-state index contributed by atoms with van der Waals surface area (Å²) in [6, 6.07) is 7.95. The summed E-state index contributed by atoms with van der Waals surface area (Å²) in [5, 5.41) is 9.84. The van der Waals surface area contributed by atoms with E-state index in [2.05, 4.69) is 4.72 Å². The number of rotatable bonds is 8. The third-order valence-electron chi connectivity index (χ3n) is 5.47. The number of carbonyl (C=O) groups excluding carboxylic acids is 1. The molecule has 4 N–H and O–H groups in total. The molecular formula is C20H26N2O5S2. The van der Waals surface area contributed by atoms with Crippen LogP contribution in [0.1, 0.15) is 58.8 Å². The zero-order valence-electron chi connectivity index (χ0n) is 16.5. The van der Waals surface area contributed by atoms with Crippen molar-refractivity contribution in [3.8, 4) is 5.75 Å². The van der Waals surface area contributed by atoms with E-state index in [1.165, 1.54) is 36.6 Å². The van der Waals surface area contributed by atoms with E-state index >= 15 is 0 Å². The summed E-state index contributed by atoms with van der Waals surface area (Å²) in [6.07, 6.45) is 3.26. The van der Waals surface area contributed by atoms with Gasteiger partial charge in [-0.2, -0.15) is 0 Å². The molecular weight excluding hydrogens is 412 g/mol. The minimum Gasteiger partial charge on any atom is -0.496 e. The third-order valence-corrected chi connectivity index (χ3v) is 8.37. The summed E-state index contributed by atoms with van der Waals surface area (Å²) in [5.74, 6) is -0.525. The molecule has 1 aliphatic carbocycles. The number of hydrogen-bond acceptors (Lipinski definition) is 6. The second-order valence-electron chi connectivity index (χ2n) is 7.42. The van der Waals surface area contributed by atoms with Gasteiger partial charge in [-0.05, 0) is 50.1 Å². The minimum atomic E-state index is -3.84. The summed E-state index contributed by atoms with van der Waals surface area (Å²) in [6.45, 7) is 1.98. The Morgan fingerprint density at radius 1 is 1.31 bits per heavy atom. The fraction of sp³-hybridized carbons (Fsp3) is 0.450. The Labute approximate surface area is 174 Å². The number of benzene rings is 1. The van der Waals surface area contributed by atoms with Crippen LogP contribution in [0.3, 0.4) is 0 Å². The second-order valence-corrected chi connectivity index (χ2v) is 10.3. The number of nitrogens with two attached hydrogens (primary N) is 1. The van der Waals surface area contributed by atoms with Crippen LogP contribution in [0.5, 0.6) is 5.75 Å². The average Bonchev–Trinajstić information content (AvgIpc) is 3.36. The minimum absolute atomic E-state index is 0.0192. The quantitative estimate of drug-likeness (QED) is 0.585. The van der Waals surface area contributed by atoms with Crippen LogP contribution in [0, 0.1) is 0 Å². The lowest BCUT2D eigenvalue weighted by Crippen LogP contribution is -2.38. The first-order valence-electron chi connectivity index (χ1n) is 9.44. The molecule has 2 aromatic rings. The maximum absolute atomic E-state index is 12.9. The summed E-state index contributed by atoms with van der Waals surface area (Å²) in [7, 11) is -2.45. The Kier molecular flexibility index (Phi) is 6.33. The van der Waals surface area contributed by atoms with E-state index in [4.69, 9.17) is 10.5 Å². The molecule has 9 heteroatoms. The largest absolute Gasteiger partial charge is 0.496 e. The molecule has 1 aromatic heterocycles. The number of amides is 1. The van der Waals surface area contributed by atoms with Crippen molar-refractivity contribution in [1.82, 2.24) is 4.72 Å². The van der Waals surface area contributed by atoms with Gasteiger partial charge in [0, 0.05) is 21.7 Å². The number of hydrogen-bond donors (Lipinski definition) is 3. The monoisotopic (exact) mass is 438 g/mol. The molecule has 1 aliphatic rings. The molecule has 1 atom stereocenters. The maximum Gasteiger partial charge on any atom is 0.252 e.